The van der Waals surface area contributed by atoms with Crippen molar-refractivity contribution >= 4 is 24.1 Å². The minimum absolute atomic E-state index is 0.468. The van der Waals surface area contributed by atoms with Gasteiger partial charge in [-0.3, -0.25) is 0 Å². The number of hydrazone groups is 1. The molecule has 2 aromatic rings. The second-order valence-electron chi connectivity index (χ2n) is 6.33. The summed E-state index contributed by atoms with van der Waals surface area (Å²) in [6.45, 7) is 4.93. The molecule has 8 nitrogen and oxygen atoms in total. The SMILES string of the molecule is C(=N/Nc1nc(N2CCCC2)nc(N2CCOCC2)n1)/c1ccccc1. The van der Waals surface area contributed by atoms with Crippen molar-refractivity contribution in [3.05, 3.63) is 35.9 Å². The number of nitrogens with zero attached hydrogens (tertiary/aromatic N) is 6. The summed E-state index contributed by atoms with van der Waals surface area (Å²) in [6, 6.07) is 9.92. The van der Waals surface area contributed by atoms with E-state index in [-0.39, 0.29) is 0 Å². The van der Waals surface area contributed by atoms with Crippen molar-refractivity contribution < 1.29 is 4.74 Å². The molecule has 136 valence electrons. The maximum absolute atomic E-state index is 5.43. The van der Waals surface area contributed by atoms with Gasteiger partial charge in [0.1, 0.15) is 0 Å². The quantitative estimate of drug-likeness (QED) is 0.648. The molecule has 2 aliphatic heterocycles. The van der Waals surface area contributed by atoms with Crippen molar-refractivity contribution in [2.24, 2.45) is 5.10 Å². The molecule has 0 atom stereocenters. The highest BCUT2D eigenvalue weighted by Crippen LogP contribution is 2.21. The van der Waals surface area contributed by atoms with Crippen molar-refractivity contribution in [2.45, 2.75) is 12.8 Å². The van der Waals surface area contributed by atoms with Gasteiger partial charge in [-0.2, -0.15) is 20.1 Å². The standard InChI is InChI=1S/C18H23N7O/c1-2-6-15(7-3-1)14-19-23-16-20-17(24-8-4-5-9-24)22-18(21-16)25-10-12-26-13-11-25/h1-3,6-7,14H,4-5,8-13H2,(H,20,21,22,23)/b19-14-. The van der Waals surface area contributed by atoms with E-state index in [9.17, 15) is 0 Å². The molecule has 1 aromatic carbocycles. The molecule has 0 spiro atoms. The largest absolute Gasteiger partial charge is 0.378 e. The third-order valence-corrected chi connectivity index (χ3v) is 4.47. The number of hydrogen-bond donors (Lipinski definition) is 1. The van der Waals surface area contributed by atoms with Crippen LogP contribution >= 0.6 is 0 Å². The Morgan fingerprint density at radius 1 is 0.885 bits per heavy atom. The van der Waals surface area contributed by atoms with Gasteiger partial charge >= 0.3 is 0 Å². The fraction of sp³-hybridized carbons (Fsp3) is 0.444. The number of ether oxygens (including phenoxy) is 1. The van der Waals surface area contributed by atoms with Gasteiger partial charge in [0, 0.05) is 26.2 Å². The molecule has 2 fully saturated rings. The summed E-state index contributed by atoms with van der Waals surface area (Å²) in [6.07, 6.45) is 4.11. The predicted octanol–water partition coefficient (Wildman–Crippen LogP) is 1.75. The fourth-order valence-corrected chi connectivity index (χ4v) is 3.07. The van der Waals surface area contributed by atoms with Crippen LogP contribution in [-0.4, -0.2) is 60.6 Å². The maximum Gasteiger partial charge on any atom is 0.250 e. The second kappa shape index (κ2) is 8.09. The highest BCUT2D eigenvalue weighted by molar-refractivity contribution is 5.79. The number of aromatic nitrogens is 3. The van der Waals surface area contributed by atoms with Crippen LogP contribution in [0.1, 0.15) is 18.4 Å². The minimum Gasteiger partial charge on any atom is -0.378 e. The first-order valence-electron chi connectivity index (χ1n) is 9.06. The molecule has 26 heavy (non-hydrogen) atoms. The average molecular weight is 353 g/mol. The number of morpholine rings is 1. The molecule has 0 aliphatic carbocycles. The van der Waals surface area contributed by atoms with Gasteiger partial charge in [0.05, 0.1) is 19.4 Å². The van der Waals surface area contributed by atoms with Gasteiger partial charge in [0.25, 0.3) is 0 Å². The first-order chi connectivity index (χ1) is 12.9. The molecule has 2 saturated heterocycles. The molecule has 1 N–H and O–H groups in total. The van der Waals surface area contributed by atoms with Crippen molar-refractivity contribution in [3.63, 3.8) is 0 Å². The van der Waals surface area contributed by atoms with Crippen LogP contribution in [0.25, 0.3) is 0 Å². The van der Waals surface area contributed by atoms with E-state index in [1.54, 1.807) is 6.21 Å². The molecule has 1 aromatic heterocycles. The Hall–Kier alpha value is -2.74. The van der Waals surface area contributed by atoms with Crippen molar-refractivity contribution in [3.8, 4) is 0 Å². The summed E-state index contributed by atoms with van der Waals surface area (Å²) in [5, 5.41) is 4.28. The lowest BCUT2D eigenvalue weighted by molar-refractivity contribution is 0.122. The van der Waals surface area contributed by atoms with Crippen LogP contribution in [0.3, 0.4) is 0 Å². The lowest BCUT2D eigenvalue weighted by Crippen LogP contribution is -2.38. The van der Waals surface area contributed by atoms with Crippen LogP contribution in [0.5, 0.6) is 0 Å². The summed E-state index contributed by atoms with van der Waals surface area (Å²) in [7, 11) is 0. The Morgan fingerprint density at radius 2 is 1.54 bits per heavy atom. The van der Waals surface area contributed by atoms with Gasteiger partial charge in [0.15, 0.2) is 0 Å². The molecular formula is C18H23N7O. The third kappa shape index (κ3) is 4.08. The molecule has 0 radical (unpaired) electrons. The normalized spacial score (nSPS) is 17.8. The molecule has 3 heterocycles. The van der Waals surface area contributed by atoms with Crippen LogP contribution in [0.4, 0.5) is 17.8 Å². The zero-order valence-corrected chi connectivity index (χ0v) is 14.7. The first kappa shape index (κ1) is 16.7. The Morgan fingerprint density at radius 3 is 2.23 bits per heavy atom. The number of anilines is 3. The first-order valence-corrected chi connectivity index (χ1v) is 9.06. The van der Waals surface area contributed by atoms with E-state index in [1.165, 1.54) is 12.8 Å². The summed E-state index contributed by atoms with van der Waals surface area (Å²) in [5.41, 5.74) is 3.98. The molecule has 8 heteroatoms. The summed E-state index contributed by atoms with van der Waals surface area (Å²) >= 11 is 0. The van der Waals surface area contributed by atoms with Crippen LogP contribution in [0, 0.1) is 0 Å². The van der Waals surface area contributed by atoms with E-state index in [4.69, 9.17) is 4.74 Å². The Bertz CT molecular complexity index is 740. The Kier molecular flexibility index (Phi) is 5.20. The van der Waals surface area contributed by atoms with Gasteiger partial charge in [-0.1, -0.05) is 30.3 Å². The van der Waals surface area contributed by atoms with E-state index in [0.717, 1.165) is 37.7 Å². The number of nitrogens with one attached hydrogen (secondary N) is 1. The molecule has 0 saturated carbocycles. The number of rotatable bonds is 5. The van der Waals surface area contributed by atoms with E-state index < -0.39 is 0 Å². The Balaban J connectivity index is 1.55. The average Bonchev–Trinajstić information content (AvgIpc) is 3.24. The van der Waals surface area contributed by atoms with E-state index in [2.05, 4.69) is 35.3 Å². The van der Waals surface area contributed by atoms with Gasteiger partial charge in [-0.05, 0) is 18.4 Å². The fourth-order valence-electron chi connectivity index (χ4n) is 3.07. The highest BCUT2D eigenvalue weighted by Gasteiger charge is 2.20. The highest BCUT2D eigenvalue weighted by atomic mass is 16.5. The van der Waals surface area contributed by atoms with Crippen LogP contribution in [-0.2, 0) is 4.74 Å². The Labute approximate surface area is 152 Å². The van der Waals surface area contributed by atoms with Gasteiger partial charge in [0.2, 0.25) is 17.8 Å². The third-order valence-electron chi connectivity index (χ3n) is 4.47. The van der Waals surface area contributed by atoms with E-state index >= 15 is 0 Å². The second-order valence-corrected chi connectivity index (χ2v) is 6.33. The van der Waals surface area contributed by atoms with E-state index in [0.29, 0.717) is 25.1 Å². The van der Waals surface area contributed by atoms with E-state index in [1.807, 2.05) is 30.3 Å². The van der Waals surface area contributed by atoms with Gasteiger partial charge in [-0.25, -0.2) is 5.43 Å². The van der Waals surface area contributed by atoms with Gasteiger partial charge in [-0.15, -0.1) is 0 Å². The smallest absolute Gasteiger partial charge is 0.250 e. The lowest BCUT2D eigenvalue weighted by atomic mass is 10.2. The molecule has 0 unspecified atom stereocenters. The predicted molar refractivity (Wildman–Crippen MR) is 102 cm³/mol. The molecule has 0 amide bonds. The van der Waals surface area contributed by atoms with Crippen LogP contribution in [0.2, 0.25) is 0 Å². The topological polar surface area (TPSA) is 78.8 Å². The van der Waals surface area contributed by atoms with Crippen molar-refractivity contribution in [2.75, 3.05) is 54.6 Å². The van der Waals surface area contributed by atoms with Crippen molar-refractivity contribution in [1.29, 1.82) is 0 Å². The monoisotopic (exact) mass is 353 g/mol. The molecule has 0 bridgehead atoms. The van der Waals surface area contributed by atoms with Crippen LogP contribution in [0.15, 0.2) is 35.4 Å². The summed E-state index contributed by atoms with van der Waals surface area (Å²) < 4.78 is 5.43. The summed E-state index contributed by atoms with van der Waals surface area (Å²) in [4.78, 5) is 18.1. The van der Waals surface area contributed by atoms with Crippen molar-refractivity contribution in [1.82, 2.24) is 15.0 Å². The zero-order valence-electron chi connectivity index (χ0n) is 14.7. The van der Waals surface area contributed by atoms with Gasteiger partial charge < -0.3 is 14.5 Å². The number of benzene rings is 1. The van der Waals surface area contributed by atoms with Crippen LogP contribution < -0.4 is 15.2 Å². The number of hydrogen-bond acceptors (Lipinski definition) is 8. The molecule has 2 aliphatic rings. The molecule has 4 rings (SSSR count). The maximum atomic E-state index is 5.43. The molecular weight excluding hydrogens is 330 g/mol. The lowest BCUT2D eigenvalue weighted by Gasteiger charge is -2.27. The summed E-state index contributed by atoms with van der Waals surface area (Å²) in [5.74, 6) is 1.87. The minimum atomic E-state index is 0.468. The zero-order chi connectivity index (χ0) is 17.6.